The molecule has 0 bridgehead atoms. The fourth-order valence-electron chi connectivity index (χ4n) is 2.43. The number of amides is 2. The predicted molar refractivity (Wildman–Crippen MR) is 85.6 cm³/mol. The van der Waals surface area contributed by atoms with Gasteiger partial charge in [0, 0.05) is 31.7 Å². The van der Waals surface area contributed by atoms with Crippen LogP contribution < -0.4 is 15.5 Å². The van der Waals surface area contributed by atoms with Gasteiger partial charge in [-0.1, -0.05) is 23.7 Å². The fourth-order valence-corrected chi connectivity index (χ4v) is 3.41. The van der Waals surface area contributed by atoms with Crippen molar-refractivity contribution in [1.29, 1.82) is 0 Å². The number of para-hydroxylation sites is 1. The SMILES string of the molecule is O=C1NC(=O)/C(=C/c2cccc(Cl)c2N2CCNCC2)S1. The third-order valence-electron chi connectivity index (χ3n) is 3.38. The van der Waals surface area contributed by atoms with Crippen molar-refractivity contribution in [2.24, 2.45) is 0 Å². The normalized spacial score (nSPS) is 21.0. The summed E-state index contributed by atoms with van der Waals surface area (Å²) in [6, 6.07) is 5.60. The Morgan fingerprint density at radius 2 is 2.00 bits per heavy atom. The second-order valence-corrected chi connectivity index (χ2v) is 6.19. The molecule has 110 valence electrons. The lowest BCUT2D eigenvalue weighted by Crippen LogP contribution is -2.43. The quantitative estimate of drug-likeness (QED) is 0.816. The molecule has 0 radical (unpaired) electrons. The van der Waals surface area contributed by atoms with E-state index in [0.29, 0.717) is 9.93 Å². The van der Waals surface area contributed by atoms with Gasteiger partial charge in [0.25, 0.3) is 11.1 Å². The van der Waals surface area contributed by atoms with E-state index in [2.05, 4.69) is 15.5 Å². The maximum Gasteiger partial charge on any atom is 0.290 e. The minimum absolute atomic E-state index is 0.336. The van der Waals surface area contributed by atoms with E-state index < -0.39 is 0 Å². The molecular formula is C14H14ClN3O2S. The largest absolute Gasteiger partial charge is 0.367 e. The third-order valence-corrected chi connectivity index (χ3v) is 4.50. The Morgan fingerprint density at radius 1 is 1.24 bits per heavy atom. The summed E-state index contributed by atoms with van der Waals surface area (Å²) in [5.74, 6) is -0.351. The lowest BCUT2D eigenvalue weighted by Gasteiger charge is -2.31. The molecule has 2 aliphatic heterocycles. The summed E-state index contributed by atoms with van der Waals surface area (Å²) in [5, 5.41) is 5.87. The van der Waals surface area contributed by atoms with Gasteiger partial charge in [-0.3, -0.25) is 14.9 Å². The Balaban J connectivity index is 1.98. The summed E-state index contributed by atoms with van der Waals surface area (Å²) in [4.78, 5) is 25.5. The van der Waals surface area contributed by atoms with Gasteiger partial charge in [-0.05, 0) is 23.9 Å². The maximum absolute atomic E-state index is 11.7. The van der Waals surface area contributed by atoms with Crippen LogP contribution in [0.15, 0.2) is 23.1 Å². The molecule has 2 N–H and O–H groups in total. The van der Waals surface area contributed by atoms with Crippen LogP contribution in [0, 0.1) is 0 Å². The van der Waals surface area contributed by atoms with Crippen LogP contribution >= 0.6 is 23.4 Å². The molecule has 0 atom stereocenters. The number of nitrogens with one attached hydrogen (secondary N) is 2. The first-order valence-corrected chi connectivity index (χ1v) is 7.83. The smallest absolute Gasteiger partial charge is 0.290 e. The van der Waals surface area contributed by atoms with Crippen molar-refractivity contribution in [3.05, 3.63) is 33.7 Å². The monoisotopic (exact) mass is 323 g/mol. The summed E-state index contributed by atoms with van der Waals surface area (Å²) in [7, 11) is 0. The summed E-state index contributed by atoms with van der Waals surface area (Å²) < 4.78 is 0. The standard InChI is InChI=1S/C14H14ClN3O2S/c15-10-3-1-2-9(8-11-13(19)17-14(20)21-11)12(10)18-6-4-16-5-7-18/h1-3,8,16H,4-7H2,(H,17,19,20)/b11-8-. The number of nitrogens with zero attached hydrogens (tertiary/aromatic N) is 1. The Hall–Kier alpha value is -1.50. The number of imide groups is 1. The van der Waals surface area contributed by atoms with Gasteiger partial charge in [0.05, 0.1) is 15.6 Å². The second-order valence-electron chi connectivity index (χ2n) is 4.77. The van der Waals surface area contributed by atoms with Crippen molar-refractivity contribution >= 4 is 46.3 Å². The highest BCUT2D eigenvalue weighted by Gasteiger charge is 2.26. The summed E-state index contributed by atoms with van der Waals surface area (Å²) in [6.07, 6.45) is 1.73. The molecular weight excluding hydrogens is 310 g/mol. The number of halogens is 1. The molecule has 1 aromatic rings. The Morgan fingerprint density at radius 3 is 2.67 bits per heavy atom. The van der Waals surface area contributed by atoms with Gasteiger partial charge < -0.3 is 10.2 Å². The zero-order chi connectivity index (χ0) is 14.8. The number of piperazine rings is 1. The molecule has 7 heteroatoms. The molecule has 2 fully saturated rings. The van der Waals surface area contributed by atoms with Crippen LogP contribution in [-0.2, 0) is 4.79 Å². The number of hydrogen-bond donors (Lipinski definition) is 2. The van der Waals surface area contributed by atoms with E-state index in [4.69, 9.17) is 11.6 Å². The highest BCUT2D eigenvalue weighted by atomic mass is 35.5. The molecule has 0 aliphatic carbocycles. The molecule has 2 amide bonds. The molecule has 5 nitrogen and oxygen atoms in total. The van der Waals surface area contributed by atoms with Crippen LogP contribution in [0.25, 0.3) is 6.08 Å². The lowest BCUT2D eigenvalue weighted by molar-refractivity contribution is -0.115. The molecule has 3 rings (SSSR count). The highest BCUT2D eigenvalue weighted by Crippen LogP contribution is 2.34. The topological polar surface area (TPSA) is 61.4 Å². The zero-order valence-electron chi connectivity index (χ0n) is 11.2. The number of benzene rings is 1. The van der Waals surface area contributed by atoms with E-state index in [0.717, 1.165) is 49.2 Å². The minimum Gasteiger partial charge on any atom is -0.367 e. The average Bonchev–Trinajstić information content (AvgIpc) is 2.78. The highest BCUT2D eigenvalue weighted by molar-refractivity contribution is 8.18. The van der Waals surface area contributed by atoms with Crippen molar-refractivity contribution < 1.29 is 9.59 Å². The summed E-state index contributed by atoms with van der Waals surface area (Å²) >= 11 is 7.26. The maximum atomic E-state index is 11.7. The number of carbonyl (C=O) groups is 2. The van der Waals surface area contributed by atoms with Gasteiger partial charge in [0.1, 0.15) is 0 Å². The van der Waals surface area contributed by atoms with Gasteiger partial charge in [-0.15, -0.1) is 0 Å². The van der Waals surface area contributed by atoms with E-state index in [1.165, 1.54) is 0 Å². The van der Waals surface area contributed by atoms with E-state index in [1.807, 2.05) is 18.2 Å². The van der Waals surface area contributed by atoms with Crippen molar-refractivity contribution in [3.8, 4) is 0 Å². The molecule has 0 saturated carbocycles. The van der Waals surface area contributed by atoms with E-state index in [-0.39, 0.29) is 11.1 Å². The van der Waals surface area contributed by atoms with Crippen LogP contribution in [-0.4, -0.2) is 37.3 Å². The molecule has 1 aromatic carbocycles. The van der Waals surface area contributed by atoms with Gasteiger partial charge >= 0.3 is 0 Å². The van der Waals surface area contributed by atoms with Crippen molar-refractivity contribution in [1.82, 2.24) is 10.6 Å². The molecule has 2 aliphatic rings. The van der Waals surface area contributed by atoms with Crippen LogP contribution in [0.5, 0.6) is 0 Å². The Kier molecular flexibility index (Phi) is 4.19. The molecule has 2 heterocycles. The molecule has 0 aromatic heterocycles. The van der Waals surface area contributed by atoms with Crippen molar-refractivity contribution in [2.45, 2.75) is 0 Å². The number of carbonyl (C=O) groups excluding carboxylic acids is 2. The van der Waals surface area contributed by atoms with Crippen LogP contribution in [0.4, 0.5) is 10.5 Å². The zero-order valence-corrected chi connectivity index (χ0v) is 12.8. The third kappa shape index (κ3) is 3.07. The summed E-state index contributed by atoms with van der Waals surface area (Å²) in [6.45, 7) is 3.51. The second kappa shape index (κ2) is 6.09. The first-order chi connectivity index (χ1) is 10.1. The predicted octanol–water partition coefficient (Wildman–Crippen LogP) is 2.07. The molecule has 21 heavy (non-hydrogen) atoms. The average molecular weight is 324 g/mol. The Labute approximate surface area is 131 Å². The Bertz CT molecular complexity index is 627. The van der Waals surface area contributed by atoms with E-state index in [1.54, 1.807) is 6.08 Å². The molecule has 2 saturated heterocycles. The van der Waals surface area contributed by atoms with Gasteiger partial charge in [0.15, 0.2) is 0 Å². The van der Waals surface area contributed by atoms with Gasteiger partial charge in [0.2, 0.25) is 0 Å². The van der Waals surface area contributed by atoms with Crippen LogP contribution in [0.3, 0.4) is 0 Å². The van der Waals surface area contributed by atoms with Crippen molar-refractivity contribution in [3.63, 3.8) is 0 Å². The van der Waals surface area contributed by atoms with E-state index >= 15 is 0 Å². The first-order valence-electron chi connectivity index (χ1n) is 6.64. The number of rotatable bonds is 2. The number of thioether (sulfide) groups is 1. The van der Waals surface area contributed by atoms with Crippen LogP contribution in [0.1, 0.15) is 5.56 Å². The van der Waals surface area contributed by atoms with E-state index in [9.17, 15) is 9.59 Å². The van der Waals surface area contributed by atoms with Gasteiger partial charge in [-0.25, -0.2) is 0 Å². The first kappa shape index (κ1) is 14.4. The lowest BCUT2D eigenvalue weighted by atomic mass is 10.1. The molecule has 0 spiro atoms. The van der Waals surface area contributed by atoms with Crippen LogP contribution in [0.2, 0.25) is 5.02 Å². The number of hydrogen-bond acceptors (Lipinski definition) is 5. The van der Waals surface area contributed by atoms with Gasteiger partial charge in [-0.2, -0.15) is 0 Å². The summed E-state index contributed by atoms with van der Waals surface area (Å²) in [5.41, 5.74) is 1.78. The fraction of sp³-hybridized carbons (Fsp3) is 0.286. The van der Waals surface area contributed by atoms with Crippen molar-refractivity contribution in [2.75, 3.05) is 31.1 Å². The number of anilines is 1. The molecule has 0 unspecified atom stereocenters. The minimum atomic E-state index is -0.351.